The van der Waals surface area contributed by atoms with Gasteiger partial charge in [-0.3, -0.25) is 0 Å². The van der Waals surface area contributed by atoms with Crippen LogP contribution in [0.15, 0.2) is 40.9 Å². The molecule has 1 N–H and O–H groups in total. The molecule has 0 spiro atoms. The maximum Gasteiger partial charge on any atom is 0.125 e. The van der Waals surface area contributed by atoms with Crippen LogP contribution in [0.2, 0.25) is 5.02 Å². The van der Waals surface area contributed by atoms with Gasteiger partial charge in [-0.2, -0.15) is 0 Å². The molecule has 0 fully saturated rings. The van der Waals surface area contributed by atoms with Gasteiger partial charge in [0.1, 0.15) is 5.82 Å². The molecule has 21 heavy (non-hydrogen) atoms. The molecule has 0 saturated carbocycles. The van der Waals surface area contributed by atoms with E-state index in [9.17, 15) is 4.39 Å². The first kappa shape index (κ1) is 14.9. The van der Waals surface area contributed by atoms with E-state index in [0.29, 0.717) is 9.50 Å². The summed E-state index contributed by atoms with van der Waals surface area (Å²) in [5.74, 6) is -0.344. The number of anilines is 1. The average Bonchev–Trinajstić information content (AvgIpc) is 2.63. The van der Waals surface area contributed by atoms with Gasteiger partial charge in [-0.15, -0.1) is 0 Å². The van der Waals surface area contributed by atoms with E-state index < -0.39 is 0 Å². The maximum absolute atomic E-state index is 13.4. The summed E-state index contributed by atoms with van der Waals surface area (Å²) in [4.78, 5) is 0. The molecular weight excluding hydrogens is 353 g/mol. The van der Waals surface area contributed by atoms with E-state index >= 15 is 0 Å². The molecule has 110 valence electrons. The summed E-state index contributed by atoms with van der Waals surface area (Å²) in [5.41, 5.74) is 3.46. The fourth-order valence-corrected chi connectivity index (χ4v) is 4.01. The summed E-state index contributed by atoms with van der Waals surface area (Å²) in [5, 5.41) is 3.90. The normalized spacial score (nSPS) is 19.4. The highest BCUT2D eigenvalue weighted by atomic mass is 79.9. The maximum atomic E-state index is 13.4. The molecule has 1 unspecified atom stereocenters. The van der Waals surface area contributed by atoms with Crippen molar-refractivity contribution in [1.82, 2.24) is 0 Å². The van der Waals surface area contributed by atoms with Crippen LogP contribution in [0.3, 0.4) is 0 Å². The quantitative estimate of drug-likeness (QED) is 0.688. The summed E-state index contributed by atoms with van der Waals surface area (Å²) < 4.78 is 14.0. The summed E-state index contributed by atoms with van der Waals surface area (Å²) in [6.45, 7) is 4.46. The summed E-state index contributed by atoms with van der Waals surface area (Å²) in [7, 11) is 0. The summed E-state index contributed by atoms with van der Waals surface area (Å²) in [6.07, 6.45) is 1.01. The average molecular weight is 369 g/mol. The Labute approximate surface area is 137 Å². The molecule has 3 rings (SSSR count). The summed E-state index contributed by atoms with van der Waals surface area (Å²) >= 11 is 9.60. The van der Waals surface area contributed by atoms with Gasteiger partial charge in [0.25, 0.3) is 0 Å². The predicted octanol–water partition coefficient (Wildman–Crippen LogP) is 5.98. The van der Waals surface area contributed by atoms with Crippen LogP contribution in [0.1, 0.15) is 31.0 Å². The van der Waals surface area contributed by atoms with E-state index in [1.54, 1.807) is 0 Å². The largest absolute Gasteiger partial charge is 0.376 e. The summed E-state index contributed by atoms with van der Waals surface area (Å²) in [6, 6.07) is 11.3. The van der Waals surface area contributed by atoms with Gasteiger partial charge < -0.3 is 5.32 Å². The Kier molecular flexibility index (Phi) is 3.74. The molecule has 0 radical (unpaired) electrons. The van der Waals surface area contributed by atoms with Crippen molar-refractivity contribution >= 4 is 33.2 Å². The zero-order valence-electron chi connectivity index (χ0n) is 11.9. The minimum Gasteiger partial charge on any atom is -0.376 e. The van der Waals surface area contributed by atoms with Crippen molar-refractivity contribution in [1.29, 1.82) is 0 Å². The number of halogens is 3. The lowest BCUT2D eigenvalue weighted by Crippen LogP contribution is -2.24. The van der Waals surface area contributed by atoms with Gasteiger partial charge in [0.2, 0.25) is 0 Å². The molecule has 4 heteroatoms. The van der Waals surface area contributed by atoms with Crippen molar-refractivity contribution in [3.05, 3.63) is 62.8 Å². The van der Waals surface area contributed by atoms with Crippen LogP contribution >= 0.6 is 27.5 Å². The molecule has 1 aliphatic carbocycles. The Hall–Kier alpha value is -1.06. The third kappa shape index (κ3) is 2.69. The zero-order valence-corrected chi connectivity index (χ0v) is 14.2. The SMILES string of the molecule is CC1(C)Cc2ccccc2C1Nc1c(Cl)cc(F)cc1Br. The molecule has 0 amide bonds. The van der Waals surface area contributed by atoms with Crippen LogP contribution in [0, 0.1) is 11.2 Å². The first-order chi connectivity index (χ1) is 9.88. The van der Waals surface area contributed by atoms with Gasteiger partial charge in [0.05, 0.1) is 16.8 Å². The van der Waals surface area contributed by atoms with Crippen molar-refractivity contribution in [3.8, 4) is 0 Å². The lowest BCUT2D eigenvalue weighted by atomic mass is 9.85. The highest BCUT2D eigenvalue weighted by Gasteiger charge is 2.39. The Balaban J connectivity index is 2.02. The van der Waals surface area contributed by atoms with Crippen LogP contribution in [0.4, 0.5) is 10.1 Å². The molecular formula is C17H16BrClFN. The van der Waals surface area contributed by atoms with Crippen molar-refractivity contribution in [2.45, 2.75) is 26.3 Å². The van der Waals surface area contributed by atoms with Gasteiger partial charge in [-0.05, 0) is 51.0 Å². The molecule has 0 saturated heterocycles. The molecule has 1 atom stereocenters. The number of hydrogen-bond donors (Lipinski definition) is 1. The number of rotatable bonds is 2. The van der Waals surface area contributed by atoms with Gasteiger partial charge in [-0.1, -0.05) is 49.7 Å². The predicted molar refractivity (Wildman–Crippen MR) is 89.4 cm³/mol. The van der Waals surface area contributed by atoms with Crippen LogP contribution in [0.25, 0.3) is 0 Å². The Morgan fingerprint density at radius 3 is 2.71 bits per heavy atom. The van der Waals surface area contributed by atoms with Gasteiger partial charge in [-0.25, -0.2) is 4.39 Å². The minimum atomic E-state index is -0.344. The third-order valence-electron chi connectivity index (χ3n) is 4.09. The Morgan fingerprint density at radius 1 is 1.29 bits per heavy atom. The van der Waals surface area contributed by atoms with Crippen molar-refractivity contribution in [3.63, 3.8) is 0 Å². The number of fused-ring (bicyclic) bond motifs is 1. The first-order valence-corrected chi connectivity index (χ1v) is 8.04. The first-order valence-electron chi connectivity index (χ1n) is 6.87. The monoisotopic (exact) mass is 367 g/mol. The van der Waals surface area contributed by atoms with E-state index in [4.69, 9.17) is 11.6 Å². The number of nitrogens with one attached hydrogen (secondary N) is 1. The molecule has 2 aromatic carbocycles. The zero-order chi connectivity index (χ0) is 15.2. The lowest BCUT2D eigenvalue weighted by molar-refractivity contribution is 0.337. The van der Waals surface area contributed by atoms with E-state index in [1.807, 2.05) is 0 Å². The second-order valence-electron chi connectivity index (χ2n) is 6.19. The topological polar surface area (TPSA) is 12.0 Å². The highest BCUT2D eigenvalue weighted by Crippen LogP contribution is 2.48. The van der Waals surface area contributed by atoms with Crippen LogP contribution in [0.5, 0.6) is 0 Å². The highest BCUT2D eigenvalue weighted by molar-refractivity contribution is 9.10. The smallest absolute Gasteiger partial charge is 0.125 e. The van der Waals surface area contributed by atoms with Crippen molar-refractivity contribution in [2.75, 3.05) is 5.32 Å². The fraction of sp³-hybridized carbons (Fsp3) is 0.294. The molecule has 2 aromatic rings. The second kappa shape index (κ2) is 5.29. The molecule has 0 bridgehead atoms. The van der Waals surface area contributed by atoms with Gasteiger partial charge in [0.15, 0.2) is 0 Å². The minimum absolute atomic E-state index is 0.0703. The van der Waals surface area contributed by atoms with E-state index in [-0.39, 0.29) is 17.3 Å². The fourth-order valence-electron chi connectivity index (χ4n) is 3.09. The lowest BCUT2D eigenvalue weighted by Gasteiger charge is -2.30. The standard InChI is InChI=1S/C17H16BrClFN/c1-17(2)9-10-5-3-4-6-12(10)16(17)21-15-13(18)7-11(20)8-14(15)19/h3-8,16,21H,9H2,1-2H3. The molecule has 0 heterocycles. The van der Waals surface area contributed by atoms with Crippen molar-refractivity contribution < 1.29 is 4.39 Å². The van der Waals surface area contributed by atoms with Crippen LogP contribution < -0.4 is 5.32 Å². The van der Waals surface area contributed by atoms with Crippen LogP contribution in [-0.4, -0.2) is 0 Å². The Morgan fingerprint density at radius 2 is 2.00 bits per heavy atom. The molecule has 1 aliphatic rings. The van der Waals surface area contributed by atoms with E-state index in [1.165, 1.54) is 23.3 Å². The van der Waals surface area contributed by atoms with Crippen LogP contribution in [-0.2, 0) is 6.42 Å². The number of hydrogen-bond acceptors (Lipinski definition) is 1. The van der Waals surface area contributed by atoms with E-state index in [2.05, 4.69) is 59.4 Å². The van der Waals surface area contributed by atoms with E-state index in [0.717, 1.165) is 12.1 Å². The van der Waals surface area contributed by atoms with Crippen molar-refractivity contribution in [2.24, 2.45) is 5.41 Å². The molecule has 0 aliphatic heterocycles. The van der Waals surface area contributed by atoms with Gasteiger partial charge in [0, 0.05) is 4.47 Å². The Bertz CT molecular complexity index is 676. The third-order valence-corrected chi connectivity index (χ3v) is 5.01. The number of benzene rings is 2. The molecule has 1 nitrogen and oxygen atoms in total. The second-order valence-corrected chi connectivity index (χ2v) is 7.45. The molecule has 0 aromatic heterocycles. The van der Waals surface area contributed by atoms with Gasteiger partial charge >= 0.3 is 0 Å².